The third-order valence-corrected chi connectivity index (χ3v) is 3.33. The number of nitrogen functional groups attached to an aromatic ring is 1. The van der Waals surface area contributed by atoms with E-state index >= 15 is 0 Å². The molecule has 0 aromatic carbocycles. The number of rotatable bonds is 3. The van der Waals surface area contributed by atoms with Gasteiger partial charge in [0, 0.05) is 6.42 Å². The Hall–Kier alpha value is -1.97. The van der Waals surface area contributed by atoms with Gasteiger partial charge in [0.25, 0.3) is 0 Å². The summed E-state index contributed by atoms with van der Waals surface area (Å²) < 4.78 is 12.4. The summed E-state index contributed by atoms with van der Waals surface area (Å²) in [6.45, 7) is -0.260. The van der Waals surface area contributed by atoms with Crippen LogP contribution in [0.15, 0.2) is 6.33 Å². The number of hydrogen-bond acceptors (Lipinski definition) is 8. The van der Waals surface area contributed by atoms with Crippen LogP contribution in [-0.2, 0) is 4.74 Å². The Morgan fingerprint density at radius 1 is 1.55 bits per heavy atom. The Morgan fingerprint density at radius 3 is 3.00 bits per heavy atom. The number of hydrogen-bond donors (Lipinski definition) is 3. The monoisotopic (exact) mass is 281 g/mol. The van der Waals surface area contributed by atoms with Crippen molar-refractivity contribution in [1.82, 2.24) is 19.5 Å². The van der Waals surface area contributed by atoms with Crippen molar-refractivity contribution >= 4 is 17.0 Å². The van der Waals surface area contributed by atoms with Crippen LogP contribution in [0.1, 0.15) is 12.6 Å². The summed E-state index contributed by atoms with van der Waals surface area (Å²) in [5.74, 6) is 0.240. The molecule has 108 valence electrons. The minimum absolute atomic E-state index is 0.240. The first-order valence-electron chi connectivity index (χ1n) is 6.12. The van der Waals surface area contributed by atoms with Gasteiger partial charge >= 0.3 is 6.01 Å². The zero-order chi connectivity index (χ0) is 14.3. The highest BCUT2D eigenvalue weighted by Gasteiger charge is 2.37. The lowest BCUT2D eigenvalue weighted by atomic mass is 10.2. The zero-order valence-electron chi connectivity index (χ0n) is 10.8. The highest BCUT2D eigenvalue weighted by Crippen LogP contribution is 2.35. The minimum atomic E-state index is -0.758. The van der Waals surface area contributed by atoms with Gasteiger partial charge in [-0.1, -0.05) is 0 Å². The molecule has 1 aliphatic rings. The molecule has 1 fully saturated rings. The number of methoxy groups -OCH3 is 1. The van der Waals surface area contributed by atoms with Crippen LogP contribution in [0.5, 0.6) is 6.01 Å². The fraction of sp³-hybridized carbons (Fsp3) is 0.545. The summed E-state index contributed by atoms with van der Waals surface area (Å²) in [7, 11) is 1.47. The predicted molar refractivity (Wildman–Crippen MR) is 67.9 cm³/mol. The molecular formula is C11H15N5O4. The molecule has 0 bridgehead atoms. The molecule has 3 atom stereocenters. The zero-order valence-corrected chi connectivity index (χ0v) is 10.8. The second kappa shape index (κ2) is 4.85. The van der Waals surface area contributed by atoms with Crippen LogP contribution >= 0.6 is 0 Å². The molecule has 0 amide bonds. The molecule has 0 aliphatic carbocycles. The Labute approximate surface area is 114 Å². The van der Waals surface area contributed by atoms with Gasteiger partial charge < -0.3 is 25.4 Å². The Balaban J connectivity index is 2.09. The molecule has 9 heteroatoms. The van der Waals surface area contributed by atoms with Crippen molar-refractivity contribution in [2.75, 3.05) is 19.5 Å². The molecular weight excluding hydrogens is 266 g/mol. The van der Waals surface area contributed by atoms with Gasteiger partial charge in [-0.05, 0) is 0 Å². The number of nitrogens with zero attached hydrogens (tertiary/aromatic N) is 4. The van der Waals surface area contributed by atoms with E-state index in [1.807, 2.05) is 0 Å². The van der Waals surface area contributed by atoms with E-state index < -0.39 is 18.4 Å². The molecule has 0 saturated carbocycles. The quantitative estimate of drug-likeness (QED) is 0.657. The molecule has 9 nitrogen and oxygen atoms in total. The summed E-state index contributed by atoms with van der Waals surface area (Å²) in [4.78, 5) is 12.2. The van der Waals surface area contributed by atoms with E-state index in [2.05, 4.69) is 15.0 Å². The Morgan fingerprint density at radius 2 is 2.35 bits per heavy atom. The second-order valence-electron chi connectivity index (χ2n) is 4.51. The van der Waals surface area contributed by atoms with Crippen molar-refractivity contribution in [3.05, 3.63) is 6.33 Å². The largest absolute Gasteiger partial charge is 0.468 e. The van der Waals surface area contributed by atoms with Gasteiger partial charge in [0.2, 0.25) is 0 Å². The molecule has 3 rings (SSSR count). The summed E-state index contributed by atoms with van der Waals surface area (Å²) in [6, 6.07) is 0.267. The van der Waals surface area contributed by atoms with Crippen molar-refractivity contribution in [3.8, 4) is 6.01 Å². The first-order valence-corrected chi connectivity index (χ1v) is 6.12. The highest BCUT2D eigenvalue weighted by atomic mass is 16.5. The van der Waals surface area contributed by atoms with E-state index in [9.17, 15) is 5.11 Å². The summed E-state index contributed by atoms with van der Waals surface area (Å²) in [5.41, 5.74) is 6.63. The predicted octanol–water partition coefficient (Wildman–Crippen LogP) is -0.942. The number of aromatic nitrogens is 4. The molecule has 1 aliphatic heterocycles. The number of aliphatic hydroxyl groups is 2. The number of imidazole rings is 1. The normalized spacial score (nSPS) is 26.2. The van der Waals surface area contributed by atoms with E-state index in [1.165, 1.54) is 13.4 Å². The maximum atomic E-state index is 9.83. The molecule has 4 N–H and O–H groups in total. The molecule has 0 spiro atoms. The molecule has 2 aromatic rings. The van der Waals surface area contributed by atoms with Crippen molar-refractivity contribution in [1.29, 1.82) is 0 Å². The maximum Gasteiger partial charge on any atom is 0.300 e. The fourth-order valence-electron chi connectivity index (χ4n) is 2.35. The summed E-state index contributed by atoms with van der Waals surface area (Å²) >= 11 is 0. The number of ether oxygens (including phenoxy) is 2. The van der Waals surface area contributed by atoms with E-state index in [0.29, 0.717) is 17.6 Å². The third kappa shape index (κ3) is 1.87. The number of nitrogens with two attached hydrogens (primary N) is 1. The van der Waals surface area contributed by atoms with Crippen molar-refractivity contribution < 1.29 is 19.7 Å². The topological polar surface area (TPSA) is 129 Å². The van der Waals surface area contributed by atoms with Gasteiger partial charge in [0.15, 0.2) is 17.0 Å². The third-order valence-electron chi connectivity index (χ3n) is 3.33. The van der Waals surface area contributed by atoms with Crippen molar-refractivity contribution in [2.45, 2.75) is 24.9 Å². The first kappa shape index (κ1) is 13.0. The fourth-order valence-corrected chi connectivity index (χ4v) is 2.35. The Bertz CT molecular complexity index is 631. The molecule has 1 saturated heterocycles. The lowest BCUT2D eigenvalue weighted by Crippen LogP contribution is -2.24. The van der Waals surface area contributed by atoms with E-state index in [0.717, 1.165) is 0 Å². The molecule has 3 heterocycles. The van der Waals surface area contributed by atoms with E-state index in [-0.39, 0.29) is 18.4 Å². The maximum absolute atomic E-state index is 9.83. The van der Waals surface area contributed by atoms with Crippen LogP contribution in [-0.4, -0.2) is 55.7 Å². The summed E-state index contributed by atoms with van der Waals surface area (Å²) in [6.07, 6.45) is -0.301. The van der Waals surface area contributed by atoms with Gasteiger partial charge in [-0.2, -0.15) is 4.98 Å². The van der Waals surface area contributed by atoms with Gasteiger partial charge in [0.05, 0.1) is 19.8 Å². The van der Waals surface area contributed by atoms with Gasteiger partial charge in [-0.3, -0.25) is 4.57 Å². The van der Waals surface area contributed by atoms with Crippen LogP contribution in [0.4, 0.5) is 5.82 Å². The van der Waals surface area contributed by atoms with Crippen LogP contribution < -0.4 is 10.5 Å². The minimum Gasteiger partial charge on any atom is -0.468 e. The lowest BCUT2D eigenvalue weighted by Gasteiger charge is -2.15. The van der Waals surface area contributed by atoms with Crippen LogP contribution in [0.2, 0.25) is 0 Å². The van der Waals surface area contributed by atoms with Crippen LogP contribution in [0.25, 0.3) is 11.2 Å². The number of fused-ring (bicyclic) bond motifs is 1. The van der Waals surface area contributed by atoms with Crippen LogP contribution in [0.3, 0.4) is 0 Å². The Kier molecular flexibility index (Phi) is 3.16. The first-order chi connectivity index (χ1) is 9.65. The second-order valence-corrected chi connectivity index (χ2v) is 4.51. The molecule has 0 radical (unpaired) electrons. The van der Waals surface area contributed by atoms with Crippen molar-refractivity contribution in [2.24, 2.45) is 0 Å². The van der Waals surface area contributed by atoms with Gasteiger partial charge in [-0.25, -0.2) is 9.97 Å². The number of aliphatic hydroxyl groups excluding tert-OH is 2. The van der Waals surface area contributed by atoms with E-state index in [1.54, 1.807) is 4.57 Å². The molecule has 20 heavy (non-hydrogen) atoms. The average Bonchev–Trinajstić information content (AvgIpc) is 2.99. The standard InChI is InChI=1S/C11H15N5O4/c1-19-11-15-8-9(12)13-4-14-10(8)16(11)7-2-5(18)6(3-17)20-7/h4-7,17-18H,2-3H2,1H3,(H2,12,13,14)/t5-,6+,7+/m0/s1. The van der Waals surface area contributed by atoms with Crippen molar-refractivity contribution in [3.63, 3.8) is 0 Å². The SMILES string of the molecule is COc1nc2c(N)ncnc2n1[C@H]1C[C@H](O)[C@@H](CO)O1. The average molecular weight is 281 g/mol. The molecule has 0 unspecified atom stereocenters. The van der Waals surface area contributed by atoms with E-state index in [4.69, 9.17) is 20.3 Å². The molecule has 2 aromatic heterocycles. The summed E-state index contributed by atoms with van der Waals surface area (Å²) in [5, 5.41) is 19.0. The van der Waals surface area contributed by atoms with Gasteiger partial charge in [-0.15, -0.1) is 0 Å². The highest BCUT2D eigenvalue weighted by molar-refractivity contribution is 5.82. The van der Waals surface area contributed by atoms with Crippen LogP contribution in [0, 0.1) is 0 Å². The van der Waals surface area contributed by atoms with Gasteiger partial charge in [0.1, 0.15) is 18.7 Å². The smallest absolute Gasteiger partial charge is 0.300 e. The number of anilines is 1. The lowest BCUT2D eigenvalue weighted by molar-refractivity contribution is -0.0450.